The summed E-state index contributed by atoms with van der Waals surface area (Å²) in [6.07, 6.45) is 9.33. The van der Waals surface area contributed by atoms with Crippen LogP contribution in [0.3, 0.4) is 0 Å². The van der Waals surface area contributed by atoms with Crippen LogP contribution in [0.4, 0.5) is 4.79 Å². The first-order valence-electron chi connectivity index (χ1n) is 8.21. The van der Waals surface area contributed by atoms with Gasteiger partial charge in [0, 0.05) is 18.7 Å². The SMILES string of the molecule is O=C(N[C@H]1CCO[C@H](c2ccccc2)C1)N[C@@H]1C=CCCC1. The van der Waals surface area contributed by atoms with Gasteiger partial charge < -0.3 is 15.4 Å². The van der Waals surface area contributed by atoms with Crippen LogP contribution in [0.25, 0.3) is 0 Å². The molecular formula is C18H24N2O2. The minimum Gasteiger partial charge on any atom is -0.373 e. The molecule has 2 N–H and O–H groups in total. The first-order chi connectivity index (χ1) is 10.8. The Labute approximate surface area is 131 Å². The fourth-order valence-electron chi connectivity index (χ4n) is 3.16. The molecule has 0 aromatic heterocycles. The molecule has 4 heteroatoms. The molecule has 1 aromatic carbocycles. The summed E-state index contributed by atoms with van der Waals surface area (Å²) in [5.74, 6) is 0. The van der Waals surface area contributed by atoms with Crippen LogP contribution < -0.4 is 10.6 Å². The Bertz CT molecular complexity index is 515. The number of urea groups is 1. The highest BCUT2D eigenvalue weighted by Crippen LogP contribution is 2.27. The first kappa shape index (κ1) is 15.1. The van der Waals surface area contributed by atoms with Crippen LogP contribution in [-0.2, 0) is 4.74 Å². The van der Waals surface area contributed by atoms with E-state index in [0.717, 1.165) is 32.1 Å². The molecule has 0 saturated carbocycles. The number of allylic oxidation sites excluding steroid dienone is 1. The molecule has 1 saturated heterocycles. The summed E-state index contributed by atoms with van der Waals surface area (Å²) < 4.78 is 5.84. The van der Waals surface area contributed by atoms with Crippen molar-refractivity contribution >= 4 is 6.03 Å². The highest BCUT2D eigenvalue weighted by molar-refractivity contribution is 5.74. The molecule has 1 aliphatic heterocycles. The molecule has 2 amide bonds. The largest absolute Gasteiger partial charge is 0.373 e. The van der Waals surface area contributed by atoms with E-state index in [0.29, 0.717) is 6.61 Å². The zero-order valence-electron chi connectivity index (χ0n) is 12.8. The van der Waals surface area contributed by atoms with Crippen molar-refractivity contribution in [3.05, 3.63) is 48.0 Å². The highest BCUT2D eigenvalue weighted by atomic mass is 16.5. The van der Waals surface area contributed by atoms with Gasteiger partial charge in [-0.25, -0.2) is 4.79 Å². The van der Waals surface area contributed by atoms with Crippen LogP contribution >= 0.6 is 0 Å². The Morgan fingerprint density at radius 2 is 2.00 bits per heavy atom. The minimum atomic E-state index is -0.0599. The molecule has 118 valence electrons. The van der Waals surface area contributed by atoms with Gasteiger partial charge in [-0.15, -0.1) is 0 Å². The average Bonchev–Trinajstić information content (AvgIpc) is 2.57. The maximum atomic E-state index is 12.1. The van der Waals surface area contributed by atoms with E-state index in [2.05, 4.69) is 34.9 Å². The molecule has 0 radical (unpaired) electrons. The van der Waals surface area contributed by atoms with Crippen LogP contribution in [0.15, 0.2) is 42.5 Å². The van der Waals surface area contributed by atoms with Crippen LogP contribution in [0.1, 0.15) is 43.8 Å². The molecule has 0 unspecified atom stereocenters. The third kappa shape index (κ3) is 4.10. The van der Waals surface area contributed by atoms with E-state index in [1.807, 2.05) is 18.2 Å². The van der Waals surface area contributed by atoms with Crippen LogP contribution in [-0.4, -0.2) is 24.7 Å². The molecule has 1 heterocycles. The molecule has 0 bridgehead atoms. The lowest BCUT2D eigenvalue weighted by molar-refractivity contribution is 0.00223. The number of rotatable bonds is 3. The second-order valence-electron chi connectivity index (χ2n) is 6.07. The van der Waals surface area contributed by atoms with Gasteiger partial charge in [0.1, 0.15) is 0 Å². The van der Waals surface area contributed by atoms with Crippen molar-refractivity contribution in [3.8, 4) is 0 Å². The average molecular weight is 300 g/mol. The predicted octanol–water partition coefficient (Wildman–Crippen LogP) is 3.31. The number of carbonyl (C=O) groups is 1. The van der Waals surface area contributed by atoms with Crippen molar-refractivity contribution in [2.45, 2.75) is 50.3 Å². The summed E-state index contributed by atoms with van der Waals surface area (Å²) in [5.41, 5.74) is 1.18. The van der Waals surface area contributed by atoms with Crippen LogP contribution in [0.2, 0.25) is 0 Å². The highest BCUT2D eigenvalue weighted by Gasteiger charge is 2.25. The van der Waals surface area contributed by atoms with Crippen molar-refractivity contribution < 1.29 is 9.53 Å². The summed E-state index contributed by atoms with van der Waals surface area (Å²) in [5, 5.41) is 6.15. The van der Waals surface area contributed by atoms with E-state index in [9.17, 15) is 4.79 Å². The van der Waals surface area contributed by atoms with E-state index >= 15 is 0 Å². The molecule has 22 heavy (non-hydrogen) atoms. The number of carbonyl (C=O) groups excluding carboxylic acids is 1. The van der Waals surface area contributed by atoms with E-state index < -0.39 is 0 Å². The second-order valence-corrected chi connectivity index (χ2v) is 6.07. The molecule has 4 nitrogen and oxygen atoms in total. The number of nitrogens with one attached hydrogen (secondary N) is 2. The van der Waals surface area contributed by atoms with Gasteiger partial charge in [-0.3, -0.25) is 0 Å². The molecule has 1 aromatic rings. The van der Waals surface area contributed by atoms with Gasteiger partial charge in [-0.1, -0.05) is 42.5 Å². The maximum absolute atomic E-state index is 12.1. The van der Waals surface area contributed by atoms with Crippen molar-refractivity contribution in [2.24, 2.45) is 0 Å². The predicted molar refractivity (Wildman–Crippen MR) is 86.6 cm³/mol. The molecule has 3 rings (SSSR count). The van der Waals surface area contributed by atoms with E-state index in [4.69, 9.17) is 4.74 Å². The number of hydrogen-bond donors (Lipinski definition) is 2. The topological polar surface area (TPSA) is 50.4 Å². The Morgan fingerprint density at radius 1 is 1.14 bits per heavy atom. The molecule has 1 fully saturated rings. The lowest BCUT2D eigenvalue weighted by Gasteiger charge is -2.31. The van der Waals surface area contributed by atoms with Gasteiger partial charge in [0.2, 0.25) is 0 Å². The van der Waals surface area contributed by atoms with Gasteiger partial charge in [0.05, 0.1) is 6.10 Å². The maximum Gasteiger partial charge on any atom is 0.315 e. The molecular weight excluding hydrogens is 276 g/mol. The van der Waals surface area contributed by atoms with Crippen molar-refractivity contribution in [1.82, 2.24) is 10.6 Å². The van der Waals surface area contributed by atoms with E-state index in [-0.39, 0.29) is 24.2 Å². The van der Waals surface area contributed by atoms with Crippen molar-refractivity contribution in [1.29, 1.82) is 0 Å². The zero-order chi connectivity index (χ0) is 15.2. The summed E-state index contributed by atoms with van der Waals surface area (Å²) >= 11 is 0. The fraction of sp³-hybridized carbons (Fsp3) is 0.500. The summed E-state index contributed by atoms with van der Waals surface area (Å²) in [6.45, 7) is 0.688. The van der Waals surface area contributed by atoms with Crippen molar-refractivity contribution in [2.75, 3.05) is 6.61 Å². The van der Waals surface area contributed by atoms with E-state index in [1.54, 1.807) is 0 Å². The number of benzene rings is 1. The summed E-state index contributed by atoms with van der Waals surface area (Å²) in [7, 11) is 0. The summed E-state index contributed by atoms with van der Waals surface area (Å²) in [6, 6.07) is 10.5. The monoisotopic (exact) mass is 300 g/mol. The Morgan fingerprint density at radius 3 is 2.77 bits per heavy atom. The zero-order valence-corrected chi connectivity index (χ0v) is 12.8. The Kier molecular flexibility index (Phi) is 5.11. The van der Waals surface area contributed by atoms with Crippen LogP contribution in [0.5, 0.6) is 0 Å². The number of hydrogen-bond acceptors (Lipinski definition) is 2. The minimum absolute atomic E-state index is 0.0599. The Hall–Kier alpha value is -1.81. The van der Waals surface area contributed by atoms with Gasteiger partial charge in [-0.2, -0.15) is 0 Å². The third-order valence-corrected chi connectivity index (χ3v) is 4.36. The second kappa shape index (κ2) is 7.45. The van der Waals surface area contributed by atoms with E-state index in [1.165, 1.54) is 5.56 Å². The van der Waals surface area contributed by atoms with Gasteiger partial charge >= 0.3 is 6.03 Å². The number of ether oxygens (including phenoxy) is 1. The Balaban J connectivity index is 1.50. The third-order valence-electron chi connectivity index (χ3n) is 4.36. The van der Waals surface area contributed by atoms with Gasteiger partial charge in [0.15, 0.2) is 0 Å². The van der Waals surface area contributed by atoms with Gasteiger partial charge in [0.25, 0.3) is 0 Å². The molecule has 1 aliphatic carbocycles. The molecule has 2 aliphatic rings. The smallest absolute Gasteiger partial charge is 0.315 e. The van der Waals surface area contributed by atoms with Crippen molar-refractivity contribution in [3.63, 3.8) is 0 Å². The standard InChI is InChI=1S/C18H24N2O2/c21-18(19-15-9-5-2-6-10-15)20-16-11-12-22-17(13-16)14-7-3-1-4-8-14/h1,3-5,7-9,15-17H,2,6,10-13H2,(H2,19,20,21)/t15-,16+,17+/m1/s1. The fourth-order valence-corrected chi connectivity index (χ4v) is 3.16. The lowest BCUT2D eigenvalue weighted by Crippen LogP contribution is -2.48. The summed E-state index contributed by atoms with van der Waals surface area (Å²) in [4.78, 5) is 12.1. The molecule has 3 atom stereocenters. The van der Waals surface area contributed by atoms with Gasteiger partial charge in [-0.05, 0) is 37.7 Å². The van der Waals surface area contributed by atoms with Crippen LogP contribution in [0, 0.1) is 0 Å². The normalized spacial score (nSPS) is 28.1. The quantitative estimate of drug-likeness (QED) is 0.841. The lowest BCUT2D eigenvalue weighted by atomic mass is 9.97. The number of amides is 2. The first-order valence-corrected chi connectivity index (χ1v) is 8.21. The molecule has 0 spiro atoms.